The van der Waals surface area contributed by atoms with Gasteiger partial charge in [-0.2, -0.15) is 0 Å². The van der Waals surface area contributed by atoms with Gasteiger partial charge in [0.25, 0.3) is 0 Å². The van der Waals surface area contributed by atoms with Crippen LogP contribution in [0, 0.1) is 0 Å². The Morgan fingerprint density at radius 3 is 2.50 bits per heavy atom. The van der Waals surface area contributed by atoms with Gasteiger partial charge in [-0.1, -0.05) is 24.3 Å². The van der Waals surface area contributed by atoms with Crippen molar-refractivity contribution in [2.45, 2.75) is 13.1 Å². The number of hydrogen-bond acceptors (Lipinski definition) is 5. The highest BCUT2D eigenvalue weighted by atomic mass is 35.5. The van der Waals surface area contributed by atoms with Gasteiger partial charge in [-0.15, -0.1) is 0 Å². The highest BCUT2D eigenvalue weighted by Gasteiger charge is 2.19. The molecule has 1 aromatic carbocycles. The van der Waals surface area contributed by atoms with Crippen molar-refractivity contribution in [3.05, 3.63) is 59.5 Å². The number of halogens is 1. The molecule has 1 fully saturated rings. The number of piperazine rings is 1. The first-order valence-electron chi connectivity index (χ1n) is 8.76. The monoisotopic (exact) mass is 376 g/mol. The van der Waals surface area contributed by atoms with Crippen LogP contribution in [0.4, 0.5) is 0 Å². The van der Waals surface area contributed by atoms with Crippen LogP contribution in [-0.4, -0.2) is 49.7 Å². The molecule has 1 saturated heterocycles. The minimum Gasteiger partial charge on any atom is -0.493 e. The molecule has 2 heterocycles. The normalized spacial score (nSPS) is 15.8. The first-order valence-corrected chi connectivity index (χ1v) is 9.14. The number of methoxy groups -OCH3 is 1. The lowest BCUT2D eigenvalue weighted by atomic mass is 10.1. The molecule has 6 heteroatoms. The van der Waals surface area contributed by atoms with E-state index in [-0.39, 0.29) is 0 Å². The Morgan fingerprint density at radius 2 is 1.88 bits per heavy atom. The molecule has 0 atom stereocenters. The molecule has 3 rings (SSSR count). The molecule has 5 nitrogen and oxygen atoms in total. The van der Waals surface area contributed by atoms with E-state index in [4.69, 9.17) is 25.5 Å². The van der Waals surface area contributed by atoms with E-state index in [0.29, 0.717) is 23.1 Å². The maximum absolute atomic E-state index is 6.47. The molecule has 26 heavy (non-hydrogen) atoms. The molecule has 1 aliphatic heterocycles. The number of nitrogens with zero attached hydrogens (tertiary/aromatic N) is 2. The molecule has 1 aromatic heterocycles. The van der Waals surface area contributed by atoms with Crippen molar-refractivity contribution in [1.29, 1.82) is 0 Å². The summed E-state index contributed by atoms with van der Waals surface area (Å²) in [6, 6.07) is 7.75. The Balaban J connectivity index is 1.58. The SMILES string of the molecule is C=CCOc1cc(Cl)c(CN2CCN(Cc3ccco3)CC2)cc1OC. The molecule has 0 spiro atoms. The Hall–Kier alpha value is -1.95. The van der Waals surface area contributed by atoms with Crippen LogP contribution in [0.3, 0.4) is 0 Å². The molecule has 1 aliphatic rings. The number of benzene rings is 1. The second-order valence-electron chi connectivity index (χ2n) is 6.33. The molecule has 0 aliphatic carbocycles. The molecule has 140 valence electrons. The third kappa shape index (κ3) is 4.81. The average Bonchev–Trinajstić information content (AvgIpc) is 3.16. The van der Waals surface area contributed by atoms with Gasteiger partial charge in [-0.25, -0.2) is 0 Å². The molecular formula is C20H25ClN2O3. The minimum absolute atomic E-state index is 0.420. The van der Waals surface area contributed by atoms with Crippen molar-refractivity contribution < 1.29 is 13.9 Å². The van der Waals surface area contributed by atoms with Gasteiger partial charge in [0.1, 0.15) is 12.4 Å². The zero-order valence-corrected chi connectivity index (χ0v) is 15.9. The minimum atomic E-state index is 0.420. The van der Waals surface area contributed by atoms with Gasteiger partial charge < -0.3 is 13.9 Å². The van der Waals surface area contributed by atoms with Crippen molar-refractivity contribution in [2.75, 3.05) is 39.9 Å². The van der Waals surface area contributed by atoms with Crippen LogP contribution in [0.15, 0.2) is 47.6 Å². The molecular weight excluding hydrogens is 352 g/mol. The lowest BCUT2D eigenvalue weighted by Crippen LogP contribution is -2.45. The zero-order chi connectivity index (χ0) is 18.4. The second-order valence-corrected chi connectivity index (χ2v) is 6.73. The van der Waals surface area contributed by atoms with Crippen LogP contribution in [0.5, 0.6) is 11.5 Å². The number of hydrogen-bond donors (Lipinski definition) is 0. The van der Waals surface area contributed by atoms with Gasteiger partial charge in [0.15, 0.2) is 11.5 Å². The summed E-state index contributed by atoms with van der Waals surface area (Å²) in [6.45, 7) is 9.75. The summed E-state index contributed by atoms with van der Waals surface area (Å²) in [5.74, 6) is 2.36. The Labute approximate surface area is 159 Å². The van der Waals surface area contributed by atoms with E-state index in [1.807, 2.05) is 24.3 Å². The van der Waals surface area contributed by atoms with E-state index in [9.17, 15) is 0 Å². The van der Waals surface area contributed by atoms with Crippen LogP contribution < -0.4 is 9.47 Å². The van der Waals surface area contributed by atoms with E-state index in [1.54, 1.807) is 19.4 Å². The lowest BCUT2D eigenvalue weighted by Gasteiger charge is -2.34. The molecule has 0 unspecified atom stereocenters. The first kappa shape index (κ1) is 18.8. The Kier molecular flexibility index (Phi) is 6.61. The van der Waals surface area contributed by atoms with Gasteiger partial charge in [0, 0.05) is 43.8 Å². The topological polar surface area (TPSA) is 38.1 Å². The van der Waals surface area contributed by atoms with Crippen molar-refractivity contribution in [3.63, 3.8) is 0 Å². The molecule has 0 saturated carbocycles. The van der Waals surface area contributed by atoms with E-state index >= 15 is 0 Å². The predicted molar refractivity (Wildman–Crippen MR) is 103 cm³/mol. The summed E-state index contributed by atoms with van der Waals surface area (Å²) in [4.78, 5) is 4.81. The molecule has 0 radical (unpaired) electrons. The fourth-order valence-corrected chi connectivity index (χ4v) is 3.30. The van der Waals surface area contributed by atoms with Crippen LogP contribution in [0.25, 0.3) is 0 Å². The second kappa shape index (κ2) is 9.12. The van der Waals surface area contributed by atoms with Gasteiger partial charge in [0.05, 0.1) is 19.9 Å². The van der Waals surface area contributed by atoms with Gasteiger partial charge in [-0.3, -0.25) is 9.80 Å². The largest absolute Gasteiger partial charge is 0.493 e. The van der Waals surface area contributed by atoms with E-state index < -0.39 is 0 Å². The summed E-state index contributed by atoms with van der Waals surface area (Å²) in [7, 11) is 1.64. The highest BCUT2D eigenvalue weighted by Crippen LogP contribution is 2.34. The third-order valence-electron chi connectivity index (χ3n) is 4.51. The van der Waals surface area contributed by atoms with Crippen molar-refractivity contribution in [1.82, 2.24) is 9.80 Å². The molecule has 0 bridgehead atoms. The smallest absolute Gasteiger partial charge is 0.163 e. The summed E-state index contributed by atoms with van der Waals surface area (Å²) in [5, 5.41) is 0.697. The lowest BCUT2D eigenvalue weighted by molar-refractivity contribution is 0.116. The average molecular weight is 377 g/mol. The number of rotatable bonds is 8. The highest BCUT2D eigenvalue weighted by molar-refractivity contribution is 6.31. The Morgan fingerprint density at radius 1 is 1.15 bits per heavy atom. The fraction of sp³-hybridized carbons (Fsp3) is 0.400. The van der Waals surface area contributed by atoms with Gasteiger partial charge >= 0.3 is 0 Å². The van der Waals surface area contributed by atoms with Crippen LogP contribution in [0.1, 0.15) is 11.3 Å². The van der Waals surface area contributed by atoms with Crippen LogP contribution in [-0.2, 0) is 13.1 Å². The summed E-state index contributed by atoms with van der Waals surface area (Å²) in [6.07, 6.45) is 3.42. The molecule has 0 N–H and O–H groups in total. The maximum atomic E-state index is 6.47. The van der Waals surface area contributed by atoms with Crippen LogP contribution >= 0.6 is 11.6 Å². The first-order chi connectivity index (χ1) is 12.7. The standard InChI is InChI=1S/C20H25ClN2O3/c1-3-10-26-20-13-18(21)16(12-19(20)24-2)14-22-6-8-23(9-7-22)15-17-5-4-11-25-17/h3-5,11-13H,1,6-10,14-15H2,2H3. The van der Waals surface area contributed by atoms with E-state index in [0.717, 1.165) is 50.6 Å². The fourth-order valence-electron chi connectivity index (χ4n) is 3.09. The summed E-state index contributed by atoms with van der Waals surface area (Å²) in [5.41, 5.74) is 1.05. The molecule has 2 aromatic rings. The maximum Gasteiger partial charge on any atom is 0.163 e. The van der Waals surface area contributed by atoms with Crippen molar-refractivity contribution in [2.24, 2.45) is 0 Å². The van der Waals surface area contributed by atoms with Crippen molar-refractivity contribution in [3.8, 4) is 11.5 Å². The van der Waals surface area contributed by atoms with Crippen LogP contribution in [0.2, 0.25) is 5.02 Å². The van der Waals surface area contributed by atoms with Gasteiger partial charge in [0.2, 0.25) is 0 Å². The summed E-state index contributed by atoms with van der Waals surface area (Å²) >= 11 is 6.47. The van der Waals surface area contributed by atoms with Gasteiger partial charge in [-0.05, 0) is 23.8 Å². The van der Waals surface area contributed by atoms with Crippen molar-refractivity contribution >= 4 is 11.6 Å². The van der Waals surface area contributed by atoms with E-state index in [1.165, 1.54) is 0 Å². The zero-order valence-electron chi connectivity index (χ0n) is 15.1. The summed E-state index contributed by atoms with van der Waals surface area (Å²) < 4.78 is 16.5. The molecule has 0 amide bonds. The number of ether oxygens (including phenoxy) is 2. The predicted octanol–water partition coefficient (Wildman–Crippen LogP) is 3.82. The van der Waals surface area contributed by atoms with E-state index in [2.05, 4.69) is 16.4 Å². The Bertz CT molecular complexity index is 710. The quantitative estimate of drug-likeness (QED) is 0.655. The number of furan rings is 1. The third-order valence-corrected chi connectivity index (χ3v) is 4.86.